The highest BCUT2D eigenvalue weighted by Gasteiger charge is 1.99. The van der Waals surface area contributed by atoms with E-state index < -0.39 is 0 Å². The maximum absolute atomic E-state index is 11.2. The minimum absolute atomic E-state index is 0.349. The van der Waals surface area contributed by atoms with Crippen molar-refractivity contribution in [3.05, 3.63) is 29.8 Å². The second-order valence-electron chi connectivity index (χ2n) is 3.47. The predicted molar refractivity (Wildman–Crippen MR) is 66.5 cm³/mol. The summed E-state index contributed by atoms with van der Waals surface area (Å²) in [4.78, 5) is 12.5. The third kappa shape index (κ3) is 4.52. The predicted octanol–water partition coefficient (Wildman–Crippen LogP) is 3.71. The van der Waals surface area contributed by atoms with E-state index in [4.69, 9.17) is 0 Å². The van der Waals surface area contributed by atoms with E-state index in [1.54, 1.807) is 0 Å². The van der Waals surface area contributed by atoms with E-state index in [1.807, 2.05) is 18.7 Å². The first kappa shape index (κ1) is 12.3. The zero-order valence-electron chi connectivity index (χ0n) is 9.45. The number of benzene rings is 1. The van der Waals surface area contributed by atoms with Gasteiger partial charge in [0.1, 0.15) is 5.78 Å². The summed E-state index contributed by atoms with van der Waals surface area (Å²) >= 11 is 1.85. The normalized spacial score (nSPS) is 10.3. The van der Waals surface area contributed by atoms with Crippen LogP contribution in [-0.2, 0) is 11.2 Å². The molecule has 0 amide bonds. The molecule has 0 saturated carbocycles. The molecule has 0 atom stereocenters. The molecule has 0 aliphatic carbocycles. The standard InChI is InChI=1S/C13H18OS/c1-3-12(14)8-5-11-6-9-13(10-7-11)15-4-2/h6-7,9-10H,3-5,8H2,1-2H3. The Balaban J connectivity index is 2.45. The summed E-state index contributed by atoms with van der Waals surface area (Å²) in [7, 11) is 0. The highest BCUT2D eigenvalue weighted by atomic mass is 32.2. The molecule has 0 aliphatic heterocycles. The van der Waals surface area contributed by atoms with Crippen LogP contribution in [0.25, 0.3) is 0 Å². The van der Waals surface area contributed by atoms with Gasteiger partial charge in [-0.05, 0) is 29.9 Å². The number of hydrogen-bond acceptors (Lipinski definition) is 2. The SMILES string of the molecule is CCSc1ccc(CCC(=O)CC)cc1. The van der Waals surface area contributed by atoms with E-state index in [-0.39, 0.29) is 0 Å². The van der Waals surface area contributed by atoms with Gasteiger partial charge in [0, 0.05) is 17.7 Å². The van der Waals surface area contributed by atoms with Crippen molar-refractivity contribution in [3.63, 3.8) is 0 Å². The molecule has 0 saturated heterocycles. The zero-order valence-corrected chi connectivity index (χ0v) is 10.3. The summed E-state index contributed by atoms with van der Waals surface area (Å²) in [6, 6.07) is 8.53. The first-order valence-electron chi connectivity index (χ1n) is 5.49. The lowest BCUT2D eigenvalue weighted by Gasteiger charge is -2.02. The van der Waals surface area contributed by atoms with E-state index in [9.17, 15) is 4.79 Å². The molecule has 1 aromatic carbocycles. The quantitative estimate of drug-likeness (QED) is 0.682. The van der Waals surface area contributed by atoms with E-state index >= 15 is 0 Å². The number of carbonyl (C=O) groups is 1. The molecule has 82 valence electrons. The molecule has 0 unspecified atom stereocenters. The van der Waals surface area contributed by atoms with Gasteiger partial charge in [-0.3, -0.25) is 4.79 Å². The number of ketones is 1. The highest BCUT2D eigenvalue weighted by molar-refractivity contribution is 7.99. The molecule has 0 heterocycles. The summed E-state index contributed by atoms with van der Waals surface area (Å²) < 4.78 is 0. The first-order chi connectivity index (χ1) is 7.26. The maximum Gasteiger partial charge on any atom is 0.132 e. The fourth-order valence-electron chi connectivity index (χ4n) is 1.38. The van der Waals surface area contributed by atoms with Crippen LogP contribution in [-0.4, -0.2) is 11.5 Å². The summed E-state index contributed by atoms with van der Waals surface area (Å²) in [6.07, 6.45) is 2.21. The average molecular weight is 222 g/mol. The zero-order chi connectivity index (χ0) is 11.1. The van der Waals surface area contributed by atoms with Crippen molar-refractivity contribution in [3.8, 4) is 0 Å². The van der Waals surface area contributed by atoms with E-state index in [0.29, 0.717) is 18.6 Å². The van der Waals surface area contributed by atoms with Crippen molar-refractivity contribution in [2.75, 3.05) is 5.75 Å². The molecule has 0 radical (unpaired) electrons. The lowest BCUT2D eigenvalue weighted by atomic mass is 10.1. The van der Waals surface area contributed by atoms with Crippen LogP contribution in [0.3, 0.4) is 0 Å². The molecule has 2 heteroatoms. The van der Waals surface area contributed by atoms with Crippen molar-refractivity contribution in [1.29, 1.82) is 0 Å². The largest absolute Gasteiger partial charge is 0.300 e. The molecule has 1 aromatic rings. The molecule has 0 spiro atoms. The van der Waals surface area contributed by atoms with Crippen LogP contribution >= 0.6 is 11.8 Å². The maximum atomic E-state index is 11.2. The smallest absolute Gasteiger partial charge is 0.132 e. The average Bonchev–Trinajstić information content (AvgIpc) is 2.28. The Morgan fingerprint density at radius 2 is 1.87 bits per heavy atom. The highest BCUT2D eigenvalue weighted by Crippen LogP contribution is 2.18. The van der Waals surface area contributed by atoms with Gasteiger partial charge in [0.2, 0.25) is 0 Å². The Labute approximate surface area is 96.3 Å². The summed E-state index contributed by atoms with van der Waals surface area (Å²) in [5, 5.41) is 0. The van der Waals surface area contributed by atoms with Gasteiger partial charge in [0.25, 0.3) is 0 Å². The van der Waals surface area contributed by atoms with E-state index in [2.05, 4.69) is 31.2 Å². The van der Waals surface area contributed by atoms with Crippen LogP contribution in [0.5, 0.6) is 0 Å². The second kappa shape index (κ2) is 6.67. The number of rotatable bonds is 6. The van der Waals surface area contributed by atoms with Gasteiger partial charge in [-0.25, -0.2) is 0 Å². The summed E-state index contributed by atoms with van der Waals surface area (Å²) in [5.74, 6) is 1.45. The second-order valence-corrected chi connectivity index (χ2v) is 4.81. The molecular weight excluding hydrogens is 204 g/mol. The van der Waals surface area contributed by atoms with Crippen LogP contribution < -0.4 is 0 Å². The first-order valence-corrected chi connectivity index (χ1v) is 6.48. The van der Waals surface area contributed by atoms with Crippen molar-refractivity contribution in [2.45, 2.75) is 38.0 Å². The van der Waals surface area contributed by atoms with Gasteiger partial charge in [-0.15, -0.1) is 11.8 Å². The molecule has 0 fully saturated rings. The topological polar surface area (TPSA) is 17.1 Å². The number of aryl methyl sites for hydroxylation is 1. The Morgan fingerprint density at radius 1 is 1.20 bits per heavy atom. The van der Waals surface area contributed by atoms with Crippen LogP contribution in [0.15, 0.2) is 29.2 Å². The van der Waals surface area contributed by atoms with Crippen LogP contribution in [0.2, 0.25) is 0 Å². The number of thioether (sulfide) groups is 1. The molecule has 0 aromatic heterocycles. The van der Waals surface area contributed by atoms with Crippen LogP contribution in [0.1, 0.15) is 32.3 Å². The number of Topliss-reactive ketones (excluding diaryl/α,β-unsaturated/α-hetero) is 1. The third-order valence-corrected chi connectivity index (χ3v) is 3.22. The van der Waals surface area contributed by atoms with Gasteiger partial charge in [0.05, 0.1) is 0 Å². The van der Waals surface area contributed by atoms with Gasteiger partial charge in [-0.1, -0.05) is 26.0 Å². The van der Waals surface area contributed by atoms with Gasteiger partial charge < -0.3 is 0 Å². The fourth-order valence-corrected chi connectivity index (χ4v) is 2.04. The number of hydrogen-bond donors (Lipinski definition) is 0. The van der Waals surface area contributed by atoms with Gasteiger partial charge in [0.15, 0.2) is 0 Å². The monoisotopic (exact) mass is 222 g/mol. The van der Waals surface area contributed by atoms with Crippen molar-refractivity contribution in [1.82, 2.24) is 0 Å². The molecule has 15 heavy (non-hydrogen) atoms. The summed E-state index contributed by atoms with van der Waals surface area (Å²) in [5.41, 5.74) is 1.26. The minimum atomic E-state index is 0.349. The lowest BCUT2D eigenvalue weighted by Crippen LogP contribution is -1.97. The van der Waals surface area contributed by atoms with Crippen molar-refractivity contribution in [2.24, 2.45) is 0 Å². The molecule has 1 nitrogen and oxygen atoms in total. The van der Waals surface area contributed by atoms with Crippen molar-refractivity contribution < 1.29 is 4.79 Å². The Hall–Kier alpha value is -0.760. The molecule has 1 rings (SSSR count). The van der Waals surface area contributed by atoms with E-state index in [0.717, 1.165) is 12.2 Å². The Bertz CT molecular complexity index is 303. The minimum Gasteiger partial charge on any atom is -0.300 e. The van der Waals surface area contributed by atoms with E-state index in [1.165, 1.54) is 10.5 Å². The lowest BCUT2D eigenvalue weighted by molar-refractivity contribution is -0.118. The van der Waals surface area contributed by atoms with Gasteiger partial charge >= 0.3 is 0 Å². The van der Waals surface area contributed by atoms with Gasteiger partial charge in [-0.2, -0.15) is 0 Å². The number of carbonyl (C=O) groups excluding carboxylic acids is 1. The molecular formula is C13H18OS. The van der Waals surface area contributed by atoms with Crippen molar-refractivity contribution >= 4 is 17.5 Å². The molecule has 0 N–H and O–H groups in total. The van der Waals surface area contributed by atoms with Crippen LogP contribution in [0.4, 0.5) is 0 Å². The summed E-state index contributed by atoms with van der Waals surface area (Å²) in [6.45, 7) is 4.07. The molecule has 0 aliphatic rings. The molecule has 0 bridgehead atoms. The fraction of sp³-hybridized carbons (Fsp3) is 0.462. The Morgan fingerprint density at radius 3 is 2.40 bits per heavy atom. The third-order valence-electron chi connectivity index (χ3n) is 2.32. The Kier molecular flexibility index (Phi) is 5.48. The van der Waals surface area contributed by atoms with Crippen LogP contribution in [0, 0.1) is 0 Å².